The van der Waals surface area contributed by atoms with Crippen molar-refractivity contribution in [2.45, 2.75) is 4.90 Å². The van der Waals surface area contributed by atoms with E-state index in [1.54, 1.807) is 0 Å². The van der Waals surface area contributed by atoms with E-state index >= 15 is 0 Å². The Kier molecular flexibility index (Phi) is 1.97. The highest BCUT2D eigenvalue weighted by Gasteiger charge is 2.13. The summed E-state index contributed by atoms with van der Waals surface area (Å²) in [6, 6.07) is 3.66. The minimum atomic E-state index is -3.82. The van der Waals surface area contributed by atoms with E-state index in [-0.39, 0.29) is 16.0 Å². The molecule has 0 amide bonds. The number of halogens is 2. The van der Waals surface area contributed by atoms with E-state index in [0.29, 0.717) is 0 Å². The van der Waals surface area contributed by atoms with Gasteiger partial charge in [-0.3, -0.25) is 0 Å². The van der Waals surface area contributed by atoms with Gasteiger partial charge in [0, 0.05) is 16.7 Å². The number of fused-ring (bicyclic) bond motifs is 1. The van der Waals surface area contributed by atoms with Crippen molar-refractivity contribution < 1.29 is 17.2 Å². The molecule has 2 rings (SSSR count). The third-order valence-electron chi connectivity index (χ3n) is 1.62. The van der Waals surface area contributed by atoms with Crippen LogP contribution in [-0.2, 0) is 9.05 Å². The molecule has 0 saturated heterocycles. The van der Waals surface area contributed by atoms with E-state index in [0.717, 1.165) is 6.07 Å². The van der Waals surface area contributed by atoms with Gasteiger partial charge in [-0.1, -0.05) is 0 Å². The molecule has 74 valence electrons. The fraction of sp³-hybridized carbons (Fsp3) is 0. The molecular weight excluding hydrogens is 233 g/mol. The van der Waals surface area contributed by atoms with E-state index < -0.39 is 15.2 Å². The number of nitrogens with zero attached hydrogens (tertiary/aromatic N) is 1. The lowest BCUT2D eigenvalue weighted by molar-refractivity contribution is 0.354. The first kappa shape index (κ1) is 9.42. The van der Waals surface area contributed by atoms with Crippen molar-refractivity contribution in [1.82, 2.24) is 4.98 Å². The summed E-state index contributed by atoms with van der Waals surface area (Å²) in [6.07, 6.45) is -1.01. The maximum absolute atomic E-state index is 12.5. The lowest BCUT2D eigenvalue weighted by Gasteiger charge is -1.93. The van der Waals surface area contributed by atoms with Crippen molar-refractivity contribution in [3.63, 3.8) is 0 Å². The third-order valence-corrected chi connectivity index (χ3v) is 2.97. The van der Waals surface area contributed by atoms with E-state index in [1.165, 1.54) is 12.1 Å². The van der Waals surface area contributed by atoms with E-state index in [1.807, 2.05) is 0 Å². The van der Waals surface area contributed by atoms with Crippen molar-refractivity contribution in [3.8, 4) is 0 Å². The zero-order valence-corrected chi connectivity index (χ0v) is 8.14. The van der Waals surface area contributed by atoms with Crippen molar-refractivity contribution in [2.75, 3.05) is 0 Å². The molecule has 0 saturated carbocycles. The van der Waals surface area contributed by atoms with Crippen molar-refractivity contribution in [1.29, 1.82) is 0 Å². The predicted octanol–water partition coefficient (Wildman–Crippen LogP) is 1.89. The summed E-state index contributed by atoms with van der Waals surface area (Å²) in [5.74, 6) is 0. The standard InChI is InChI=1S/C7H3ClFNO3S/c8-14(11,12)4-1-2-5-6(3-4)13-7(9)10-5/h1-3H. The summed E-state index contributed by atoms with van der Waals surface area (Å²) in [7, 11) is 1.26. The quantitative estimate of drug-likeness (QED) is 0.709. The first-order valence-corrected chi connectivity index (χ1v) is 5.78. The molecule has 0 fully saturated rings. The minimum absolute atomic E-state index is 0.0456. The Morgan fingerprint density at radius 1 is 1.43 bits per heavy atom. The summed E-state index contributed by atoms with van der Waals surface area (Å²) in [6.45, 7) is 0. The van der Waals surface area contributed by atoms with Crippen LogP contribution >= 0.6 is 10.7 Å². The maximum Gasteiger partial charge on any atom is 0.382 e. The van der Waals surface area contributed by atoms with Crippen LogP contribution in [0, 0.1) is 6.14 Å². The second-order valence-electron chi connectivity index (χ2n) is 2.53. The number of hydrogen-bond acceptors (Lipinski definition) is 4. The Labute approximate surface area is 82.7 Å². The molecule has 0 aliphatic rings. The average Bonchev–Trinajstić information content (AvgIpc) is 2.41. The molecule has 0 aliphatic heterocycles. The van der Waals surface area contributed by atoms with Crippen LogP contribution in [0.5, 0.6) is 0 Å². The second-order valence-corrected chi connectivity index (χ2v) is 5.10. The van der Waals surface area contributed by atoms with Gasteiger partial charge in [-0.25, -0.2) is 8.42 Å². The Hall–Kier alpha value is -1.14. The summed E-state index contributed by atoms with van der Waals surface area (Å²) in [5, 5.41) is 0. The normalized spacial score (nSPS) is 12.1. The number of hydrogen-bond donors (Lipinski definition) is 0. The zero-order valence-electron chi connectivity index (χ0n) is 6.57. The van der Waals surface area contributed by atoms with Gasteiger partial charge in [0.1, 0.15) is 5.52 Å². The molecule has 1 heterocycles. The SMILES string of the molecule is O=S(=O)(Cl)c1ccc2nc(F)oc2c1. The van der Waals surface area contributed by atoms with Crippen molar-refractivity contribution in [2.24, 2.45) is 0 Å². The van der Waals surface area contributed by atoms with Gasteiger partial charge < -0.3 is 4.42 Å². The second kappa shape index (κ2) is 2.93. The van der Waals surface area contributed by atoms with Crippen LogP contribution in [0.1, 0.15) is 0 Å². The molecule has 0 unspecified atom stereocenters. The van der Waals surface area contributed by atoms with E-state index in [9.17, 15) is 12.8 Å². The average molecular weight is 236 g/mol. The fourth-order valence-corrected chi connectivity index (χ4v) is 1.79. The molecule has 0 aliphatic carbocycles. The van der Waals surface area contributed by atoms with Gasteiger partial charge in [0.15, 0.2) is 5.58 Å². The summed E-state index contributed by atoms with van der Waals surface area (Å²) in [4.78, 5) is 3.21. The van der Waals surface area contributed by atoms with Crippen LogP contribution in [-0.4, -0.2) is 13.4 Å². The Morgan fingerprint density at radius 2 is 2.14 bits per heavy atom. The molecule has 0 N–H and O–H groups in total. The van der Waals surface area contributed by atoms with Gasteiger partial charge in [-0.15, -0.1) is 4.39 Å². The lowest BCUT2D eigenvalue weighted by atomic mass is 10.3. The number of oxazole rings is 1. The Balaban J connectivity index is 2.74. The molecule has 7 heteroatoms. The molecule has 2 aromatic rings. The Morgan fingerprint density at radius 3 is 2.79 bits per heavy atom. The number of benzene rings is 1. The molecule has 4 nitrogen and oxygen atoms in total. The van der Waals surface area contributed by atoms with Crippen molar-refractivity contribution >= 4 is 30.8 Å². The first-order valence-electron chi connectivity index (χ1n) is 3.47. The summed E-state index contributed by atoms with van der Waals surface area (Å²) in [5.41, 5.74) is 0.288. The molecule has 0 radical (unpaired) electrons. The van der Waals surface area contributed by atoms with Crippen molar-refractivity contribution in [3.05, 3.63) is 24.3 Å². The zero-order chi connectivity index (χ0) is 10.3. The van der Waals surface area contributed by atoms with Crippen LogP contribution in [0.3, 0.4) is 0 Å². The minimum Gasteiger partial charge on any atom is -0.415 e. The highest BCUT2D eigenvalue weighted by molar-refractivity contribution is 8.13. The first-order chi connectivity index (χ1) is 6.47. The van der Waals surface area contributed by atoms with Crippen LogP contribution < -0.4 is 0 Å². The third kappa shape index (κ3) is 1.58. The smallest absolute Gasteiger partial charge is 0.382 e. The van der Waals surface area contributed by atoms with Crippen LogP contribution in [0.15, 0.2) is 27.5 Å². The molecular formula is C7H3ClFNO3S. The summed E-state index contributed by atoms with van der Waals surface area (Å²) < 4.78 is 38.8. The molecule has 0 spiro atoms. The van der Waals surface area contributed by atoms with Crippen LogP contribution in [0.4, 0.5) is 4.39 Å². The highest BCUT2D eigenvalue weighted by Crippen LogP contribution is 2.21. The number of aromatic nitrogens is 1. The van der Waals surface area contributed by atoms with Gasteiger partial charge in [-0.2, -0.15) is 4.98 Å². The van der Waals surface area contributed by atoms with E-state index in [4.69, 9.17) is 10.7 Å². The van der Waals surface area contributed by atoms with Gasteiger partial charge in [-0.05, 0) is 12.1 Å². The van der Waals surface area contributed by atoms with E-state index in [2.05, 4.69) is 9.40 Å². The molecule has 1 aromatic carbocycles. The molecule has 1 aromatic heterocycles. The topological polar surface area (TPSA) is 60.2 Å². The van der Waals surface area contributed by atoms with Gasteiger partial charge in [0.05, 0.1) is 4.90 Å². The highest BCUT2D eigenvalue weighted by atomic mass is 35.7. The van der Waals surface area contributed by atoms with Crippen LogP contribution in [0.2, 0.25) is 0 Å². The Bertz CT molecular complexity index is 592. The molecule has 0 atom stereocenters. The van der Waals surface area contributed by atoms with Gasteiger partial charge in [0.25, 0.3) is 9.05 Å². The van der Waals surface area contributed by atoms with Gasteiger partial charge >= 0.3 is 6.14 Å². The largest absolute Gasteiger partial charge is 0.415 e. The monoisotopic (exact) mass is 235 g/mol. The molecule has 0 bridgehead atoms. The summed E-state index contributed by atoms with van der Waals surface area (Å²) >= 11 is 0. The maximum atomic E-state index is 12.5. The fourth-order valence-electron chi connectivity index (χ4n) is 1.03. The number of rotatable bonds is 1. The predicted molar refractivity (Wildman–Crippen MR) is 47.0 cm³/mol. The lowest BCUT2D eigenvalue weighted by Crippen LogP contribution is -1.88. The van der Waals surface area contributed by atoms with Gasteiger partial charge in [0.2, 0.25) is 0 Å². The molecule has 14 heavy (non-hydrogen) atoms. The van der Waals surface area contributed by atoms with Crippen LogP contribution in [0.25, 0.3) is 11.1 Å².